The van der Waals surface area contributed by atoms with Crippen LogP contribution >= 0.6 is 35.1 Å². The third-order valence-corrected chi connectivity index (χ3v) is 7.32. The van der Waals surface area contributed by atoms with E-state index in [0.29, 0.717) is 34.4 Å². The van der Waals surface area contributed by atoms with Crippen LogP contribution in [-0.4, -0.2) is 50.1 Å². The molecule has 1 fully saturated rings. The molecule has 1 N–H and O–H groups in total. The first-order valence-electron chi connectivity index (χ1n) is 6.69. The predicted octanol–water partition coefficient (Wildman–Crippen LogP) is 2.84. The highest BCUT2D eigenvalue weighted by Gasteiger charge is 2.33. The maximum atomic E-state index is 10.7. The van der Waals surface area contributed by atoms with Crippen molar-refractivity contribution in [2.75, 3.05) is 19.5 Å². The van der Waals surface area contributed by atoms with Crippen LogP contribution in [0.3, 0.4) is 0 Å². The molecule has 0 spiro atoms. The van der Waals surface area contributed by atoms with Gasteiger partial charge in [-0.1, -0.05) is 25.4 Å². The largest absolute Gasteiger partial charge is 0.386 e. The molecule has 7 heteroatoms. The number of hydrogen-bond acceptors (Lipinski definition) is 5. The summed E-state index contributed by atoms with van der Waals surface area (Å²) in [7, 11) is 1.65. The first-order valence-corrected chi connectivity index (χ1v) is 9.06. The van der Waals surface area contributed by atoms with Crippen molar-refractivity contribution in [3.8, 4) is 0 Å². The Hall–Kier alpha value is 0.120. The molecule has 1 saturated heterocycles. The van der Waals surface area contributed by atoms with E-state index in [9.17, 15) is 5.11 Å². The van der Waals surface area contributed by atoms with Crippen LogP contribution in [0.15, 0.2) is 6.20 Å². The lowest BCUT2D eigenvalue weighted by Crippen LogP contribution is -2.31. The van der Waals surface area contributed by atoms with Gasteiger partial charge in [0.05, 0.1) is 30.1 Å². The van der Waals surface area contributed by atoms with Crippen LogP contribution in [0.2, 0.25) is 5.02 Å². The summed E-state index contributed by atoms with van der Waals surface area (Å²) in [5.74, 6) is 0.934. The van der Waals surface area contributed by atoms with Gasteiger partial charge in [-0.15, -0.1) is 0 Å². The maximum Gasteiger partial charge on any atom is 0.110 e. The fraction of sp³-hybridized carbons (Fsp3) is 0.769. The molecule has 4 nitrogen and oxygen atoms in total. The molecule has 20 heavy (non-hydrogen) atoms. The second-order valence-electron chi connectivity index (χ2n) is 4.96. The second-order valence-corrected chi connectivity index (χ2v) is 8.40. The van der Waals surface area contributed by atoms with Gasteiger partial charge >= 0.3 is 0 Å². The third kappa shape index (κ3) is 3.65. The predicted molar refractivity (Wildman–Crippen MR) is 86.8 cm³/mol. The van der Waals surface area contributed by atoms with Crippen LogP contribution in [0.4, 0.5) is 0 Å². The van der Waals surface area contributed by atoms with Gasteiger partial charge in [-0.2, -0.15) is 28.6 Å². The summed E-state index contributed by atoms with van der Waals surface area (Å²) >= 11 is 9.95. The number of aliphatic hydroxyl groups excluding tert-OH is 1. The normalized spacial score (nSPS) is 28.6. The van der Waals surface area contributed by atoms with Crippen LogP contribution in [0, 0.1) is 0 Å². The number of nitrogens with zero attached hydrogens (tertiary/aromatic N) is 2. The lowest BCUT2D eigenvalue weighted by molar-refractivity contribution is 0.154. The fourth-order valence-corrected chi connectivity index (χ4v) is 5.40. The lowest BCUT2D eigenvalue weighted by Gasteiger charge is -2.34. The van der Waals surface area contributed by atoms with E-state index in [4.69, 9.17) is 16.3 Å². The Morgan fingerprint density at radius 2 is 2.30 bits per heavy atom. The van der Waals surface area contributed by atoms with Gasteiger partial charge in [0.1, 0.15) is 6.10 Å². The van der Waals surface area contributed by atoms with Crippen molar-refractivity contribution < 1.29 is 9.84 Å². The summed E-state index contributed by atoms with van der Waals surface area (Å²) < 4.78 is 6.83. The van der Waals surface area contributed by atoms with E-state index in [1.54, 1.807) is 18.0 Å². The van der Waals surface area contributed by atoms with Gasteiger partial charge in [0.15, 0.2) is 0 Å². The topological polar surface area (TPSA) is 47.3 Å². The molecule has 4 unspecified atom stereocenters. The van der Waals surface area contributed by atoms with Crippen molar-refractivity contribution >= 4 is 35.1 Å². The van der Waals surface area contributed by atoms with Gasteiger partial charge in [0.2, 0.25) is 0 Å². The smallest absolute Gasteiger partial charge is 0.110 e. The minimum Gasteiger partial charge on any atom is -0.386 e. The second kappa shape index (κ2) is 7.40. The monoisotopic (exact) mass is 336 g/mol. The van der Waals surface area contributed by atoms with Gasteiger partial charge in [-0.3, -0.25) is 4.68 Å². The van der Waals surface area contributed by atoms with Crippen molar-refractivity contribution in [2.24, 2.45) is 0 Å². The Morgan fingerprint density at radius 1 is 1.55 bits per heavy atom. The lowest BCUT2D eigenvalue weighted by atomic mass is 10.2. The minimum atomic E-state index is -0.589. The number of aliphatic hydroxyl groups is 1. The summed E-state index contributed by atoms with van der Waals surface area (Å²) in [4.78, 5) is 0. The number of ether oxygens (including phenoxy) is 1. The van der Waals surface area contributed by atoms with E-state index in [2.05, 4.69) is 18.9 Å². The van der Waals surface area contributed by atoms with Crippen molar-refractivity contribution in [1.82, 2.24) is 9.78 Å². The maximum absolute atomic E-state index is 10.7. The standard InChI is InChI=1S/C13H21ClN2O2S2/c1-8-9(2)20-11(7-19-8)13(17)12-10(14)6-15-16(12)4-5-18-3/h6,8-9,11,13,17H,4-5,7H2,1-3H3. The van der Waals surface area contributed by atoms with Crippen LogP contribution in [0.1, 0.15) is 25.6 Å². The molecule has 1 aliphatic heterocycles. The number of thioether (sulfide) groups is 2. The highest BCUT2D eigenvalue weighted by Crippen LogP contribution is 2.42. The van der Waals surface area contributed by atoms with Crippen LogP contribution in [0.25, 0.3) is 0 Å². The van der Waals surface area contributed by atoms with Crippen molar-refractivity contribution in [3.63, 3.8) is 0 Å². The Kier molecular flexibility index (Phi) is 6.10. The molecule has 0 radical (unpaired) electrons. The average molecular weight is 337 g/mol. The highest BCUT2D eigenvalue weighted by atomic mass is 35.5. The van der Waals surface area contributed by atoms with Crippen LogP contribution in [-0.2, 0) is 11.3 Å². The van der Waals surface area contributed by atoms with E-state index >= 15 is 0 Å². The Labute approximate surface area is 133 Å². The van der Waals surface area contributed by atoms with Crippen LogP contribution in [0.5, 0.6) is 0 Å². The van der Waals surface area contributed by atoms with Gasteiger partial charge in [0.25, 0.3) is 0 Å². The molecule has 2 heterocycles. The quantitative estimate of drug-likeness (QED) is 0.896. The van der Waals surface area contributed by atoms with E-state index < -0.39 is 6.10 Å². The zero-order chi connectivity index (χ0) is 14.7. The molecular formula is C13H21ClN2O2S2. The number of rotatable bonds is 5. The SMILES string of the molecule is COCCn1ncc(Cl)c1C(O)C1CSC(C)C(C)S1. The molecular weight excluding hydrogens is 316 g/mol. The summed E-state index contributed by atoms with van der Waals surface area (Å²) in [6, 6.07) is 0. The third-order valence-electron chi connectivity index (χ3n) is 3.55. The molecule has 0 bridgehead atoms. The van der Waals surface area contributed by atoms with Crippen molar-refractivity contribution in [3.05, 3.63) is 16.9 Å². The average Bonchev–Trinajstić information content (AvgIpc) is 2.80. The minimum absolute atomic E-state index is 0.154. The van der Waals surface area contributed by atoms with Gasteiger partial charge < -0.3 is 9.84 Å². The molecule has 0 aromatic carbocycles. The Morgan fingerprint density at radius 3 is 2.95 bits per heavy atom. The number of aromatic nitrogens is 2. The van der Waals surface area contributed by atoms with E-state index in [1.807, 2.05) is 23.5 Å². The summed E-state index contributed by atoms with van der Waals surface area (Å²) in [6.07, 6.45) is 1.01. The van der Waals surface area contributed by atoms with Crippen molar-refractivity contribution in [2.45, 2.75) is 42.2 Å². The van der Waals surface area contributed by atoms with E-state index in [0.717, 1.165) is 5.75 Å². The molecule has 114 valence electrons. The number of methoxy groups -OCH3 is 1. The molecule has 1 aliphatic rings. The number of hydrogen-bond donors (Lipinski definition) is 1. The fourth-order valence-electron chi connectivity index (χ4n) is 2.17. The Bertz CT molecular complexity index is 444. The molecule has 0 aliphatic carbocycles. The summed E-state index contributed by atoms with van der Waals surface area (Å²) in [6.45, 7) is 5.61. The summed E-state index contributed by atoms with van der Waals surface area (Å²) in [5.41, 5.74) is 0.712. The molecule has 4 atom stereocenters. The van der Waals surface area contributed by atoms with Gasteiger partial charge in [-0.25, -0.2) is 0 Å². The van der Waals surface area contributed by atoms with E-state index in [1.165, 1.54) is 0 Å². The molecule has 0 amide bonds. The Balaban J connectivity index is 2.12. The molecule has 2 rings (SSSR count). The van der Waals surface area contributed by atoms with E-state index in [-0.39, 0.29) is 5.25 Å². The molecule has 1 aromatic heterocycles. The first kappa shape index (κ1) is 16.5. The van der Waals surface area contributed by atoms with Crippen LogP contribution < -0.4 is 0 Å². The van der Waals surface area contributed by atoms with Gasteiger partial charge in [-0.05, 0) is 0 Å². The molecule has 0 saturated carbocycles. The first-order chi connectivity index (χ1) is 9.54. The zero-order valence-electron chi connectivity index (χ0n) is 12.0. The summed E-state index contributed by atoms with van der Waals surface area (Å²) in [5, 5.41) is 16.8. The highest BCUT2D eigenvalue weighted by molar-refractivity contribution is 8.07. The van der Waals surface area contributed by atoms with Gasteiger partial charge in [0, 0.05) is 28.6 Å². The zero-order valence-corrected chi connectivity index (χ0v) is 14.3. The number of halogens is 1. The van der Waals surface area contributed by atoms with Crippen molar-refractivity contribution in [1.29, 1.82) is 0 Å². The molecule has 1 aromatic rings.